The number of hydrogen-bond donors (Lipinski definition) is 7. The number of nitrogens with zero attached hydrogens (tertiary/aromatic N) is 8. The molecule has 8 N–H and O–H groups in total. The number of carbonyl (C=O) groups excluding carboxylic acids is 5. The number of nitrogens with one attached hydrogen (secondary N) is 3. The van der Waals surface area contributed by atoms with E-state index in [-0.39, 0.29) is 52.2 Å². The predicted octanol–water partition coefficient (Wildman–Crippen LogP) is 7.60. The molecular formula is C53H46N12O8S6. The topological polar surface area (TPSA) is 302 Å². The fourth-order valence-corrected chi connectivity index (χ4v) is 14.6. The van der Waals surface area contributed by atoms with Gasteiger partial charge in [0, 0.05) is 61.9 Å². The highest BCUT2D eigenvalue weighted by Crippen LogP contribution is 2.43. The third kappa shape index (κ3) is 11.1. The van der Waals surface area contributed by atoms with Crippen LogP contribution in [0.3, 0.4) is 0 Å². The van der Waals surface area contributed by atoms with E-state index in [0.717, 1.165) is 28.4 Å². The van der Waals surface area contributed by atoms with Gasteiger partial charge in [-0.15, -0.1) is 68.0 Å². The number of primary amides is 1. The Labute approximate surface area is 474 Å². The Morgan fingerprint density at radius 3 is 2.06 bits per heavy atom. The molecule has 9 aromatic rings. The molecule has 2 aromatic carbocycles. The van der Waals surface area contributed by atoms with Gasteiger partial charge in [0.15, 0.2) is 0 Å². The lowest BCUT2D eigenvalue weighted by Crippen LogP contribution is -2.50. The number of phenols is 1. The average Bonchev–Trinajstić information content (AvgIpc) is 4.38. The number of aliphatic hydroxyl groups is 2. The monoisotopic (exact) mass is 1170 g/mol. The van der Waals surface area contributed by atoms with Crippen molar-refractivity contribution in [1.82, 2.24) is 55.7 Å². The summed E-state index contributed by atoms with van der Waals surface area (Å²) in [6.07, 6.45) is -2.70. The van der Waals surface area contributed by atoms with Gasteiger partial charge in [-0.2, -0.15) is 0 Å². The number of thiazole rings is 6. The molecule has 10 bridgehead atoms. The smallest absolute Gasteiger partial charge is 0.271 e. The number of aryl methyl sites for hydroxylation is 2. The molecule has 9 heterocycles. The van der Waals surface area contributed by atoms with E-state index < -0.39 is 71.8 Å². The molecule has 402 valence electrons. The van der Waals surface area contributed by atoms with Crippen molar-refractivity contribution in [3.8, 4) is 49.1 Å². The van der Waals surface area contributed by atoms with Crippen molar-refractivity contribution in [1.29, 1.82) is 0 Å². The summed E-state index contributed by atoms with van der Waals surface area (Å²) in [7, 11) is 0. The lowest BCUT2D eigenvalue weighted by Gasteiger charge is -2.29. The van der Waals surface area contributed by atoms with Crippen molar-refractivity contribution in [2.75, 3.05) is 6.54 Å². The maximum Gasteiger partial charge on any atom is 0.271 e. The third-order valence-electron chi connectivity index (χ3n) is 13.3. The number of aliphatic hydroxyl groups excluding tert-OH is 2. The first-order valence-corrected chi connectivity index (χ1v) is 29.7. The number of rotatable bonds is 7. The van der Waals surface area contributed by atoms with Gasteiger partial charge in [0.2, 0.25) is 11.8 Å². The van der Waals surface area contributed by atoms with Gasteiger partial charge in [0.1, 0.15) is 88.1 Å². The molecule has 5 amide bonds. The third-order valence-corrected chi connectivity index (χ3v) is 19.0. The van der Waals surface area contributed by atoms with Gasteiger partial charge < -0.3 is 41.9 Å². The number of nitrogens with two attached hydrogens (primary N) is 1. The molecular weight excluding hydrogens is 1130 g/mol. The van der Waals surface area contributed by atoms with Crippen LogP contribution in [0.2, 0.25) is 0 Å². The second-order valence-corrected chi connectivity index (χ2v) is 24.4. The molecule has 2 aliphatic rings. The van der Waals surface area contributed by atoms with Gasteiger partial charge in [0.25, 0.3) is 17.7 Å². The maximum absolute atomic E-state index is 15.1. The molecule has 1 saturated heterocycles. The molecule has 1 fully saturated rings. The van der Waals surface area contributed by atoms with Crippen molar-refractivity contribution < 1.29 is 39.3 Å². The van der Waals surface area contributed by atoms with E-state index in [1.54, 1.807) is 54.8 Å². The van der Waals surface area contributed by atoms with Gasteiger partial charge in [-0.3, -0.25) is 24.0 Å². The number of pyridine rings is 1. The standard InChI is InChI=1S/C53H46N12O8S6/c1-23-18-74-48(55-23)30-14-13-29-40(56-30)33-19-76-49(59-33)36-22-78-52(62-36)42-24(2)37(67)17-65(42)53(73)32(15-26-9-11-28(66)12-10-26)58-45(71)35-21-77-51(61-35)41(43(69)27-7-5-4-6-8-27)63-46(72)39-25(3)79-50(64-39)31(16-38(54)68)57-44(70)34-20-75-47(29)60-34/h4-14,18-22,24,31-32,37,41-43,66-67,69H,15-17H2,1-3H3,(H2,54,68)(H,57,70)(H,58,71)(H,63,72)/t24-,31-,32-,37-,41-,42-,43+/m0/s1. The van der Waals surface area contributed by atoms with E-state index in [4.69, 9.17) is 25.7 Å². The summed E-state index contributed by atoms with van der Waals surface area (Å²) < 4.78 is 0. The van der Waals surface area contributed by atoms with E-state index in [9.17, 15) is 34.5 Å². The molecule has 0 spiro atoms. The SMILES string of the molecule is Cc1csc(-c2ccc3c(n2)-c2csc(n2)-c2csc(n2)[C@@H]2[C@@H](C)[C@@H](O)CN2C(=O)[C@H](Cc2ccc(O)cc2)NC(=O)c2csc(n2)[C@H]([C@H](O)c2ccccc2)NC(=O)c2nc(sc2C)[C@H](CC(N)=O)NC(=O)c2csc-3n2)n1. The Balaban J connectivity index is 1.02. The Morgan fingerprint density at radius 1 is 0.671 bits per heavy atom. The molecule has 0 unspecified atom stereocenters. The van der Waals surface area contributed by atoms with Crippen LogP contribution in [0.4, 0.5) is 0 Å². The molecule has 7 aromatic heterocycles. The van der Waals surface area contributed by atoms with E-state index in [2.05, 4.69) is 30.9 Å². The summed E-state index contributed by atoms with van der Waals surface area (Å²) in [4.78, 5) is 106. The normalized spacial score (nSPS) is 20.2. The summed E-state index contributed by atoms with van der Waals surface area (Å²) in [5, 5.41) is 53.4. The van der Waals surface area contributed by atoms with Gasteiger partial charge in [0.05, 0.1) is 30.3 Å². The summed E-state index contributed by atoms with van der Waals surface area (Å²) >= 11 is 7.35. The summed E-state index contributed by atoms with van der Waals surface area (Å²) in [5.41, 5.74) is 10.1. The van der Waals surface area contributed by atoms with Gasteiger partial charge in [-0.1, -0.05) is 49.4 Å². The first kappa shape index (κ1) is 53.4. The summed E-state index contributed by atoms with van der Waals surface area (Å²) in [6.45, 7) is 5.33. The predicted molar refractivity (Wildman–Crippen MR) is 301 cm³/mol. The highest BCUT2D eigenvalue weighted by molar-refractivity contribution is 7.15. The largest absolute Gasteiger partial charge is 0.508 e. The molecule has 0 saturated carbocycles. The highest BCUT2D eigenvalue weighted by Gasteiger charge is 2.45. The van der Waals surface area contributed by atoms with Crippen LogP contribution in [0, 0.1) is 19.8 Å². The number of hydrogen-bond acceptors (Lipinski definition) is 21. The Kier molecular flexibility index (Phi) is 15.1. The molecule has 7 atom stereocenters. The zero-order valence-electron chi connectivity index (χ0n) is 41.9. The highest BCUT2D eigenvalue weighted by atomic mass is 32.1. The van der Waals surface area contributed by atoms with Crippen LogP contribution in [-0.4, -0.2) is 103 Å². The number of amides is 5. The van der Waals surface area contributed by atoms with Crippen LogP contribution in [0.15, 0.2) is 93.6 Å². The van der Waals surface area contributed by atoms with Crippen molar-refractivity contribution in [3.05, 3.63) is 147 Å². The minimum atomic E-state index is -1.39. The fourth-order valence-electron chi connectivity index (χ4n) is 9.28. The van der Waals surface area contributed by atoms with E-state index in [1.807, 2.05) is 42.1 Å². The number of carbonyl (C=O) groups is 5. The van der Waals surface area contributed by atoms with Crippen molar-refractivity contribution in [2.24, 2.45) is 11.7 Å². The molecule has 2 aliphatic heterocycles. The zero-order valence-corrected chi connectivity index (χ0v) is 46.8. The molecule has 79 heavy (non-hydrogen) atoms. The van der Waals surface area contributed by atoms with Gasteiger partial charge >= 0.3 is 0 Å². The molecule has 0 aliphatic carbocycles. The average molecular weight is 1170 g/mol. The second kappa shape index (κ2) is 22.3. The molecule has 0 radical (unpaired) electrons. The molecule has 26 heteroatoms. The minimum absolute atomic E-state index is 0.00734. The number of fused-ring (bicyclic) bond motifs is 16. The second-order valence-electron chi connectivity index (χ2n) is 18.8. The molecule has 11 rings (SSSR count). The summed E-state index contributed by atoms with van der Waals surface area (Å²) in [5.74, 6) is -3.80. The van der Waals surface area contributed by atoms with E-state index in [1.165, 1.54) is 67.8 Å². The van der Waals surface area contributed by atoms with Crippen molar-refractivity contribution in [2.45, 2.75) is 70.0 Å². The Hall–Kier alpha value is -7.56. The zero-order chi connectivity index (χ0) is 55.2. The Bertz CT molecular complexity index is 3780. The first-order chi connectivity index (χ1) is 38.0. The summed E-state index contributed by atoms with van der Waals surface area (Å²) in [6, 6.07) is 14.3. The number of phenolic OH excluding ortho intramolecular Hbond substituents is 1. The van der Waals surface area contributed by atoms with Crippen LogP contribution >= 0.6 is 68.0 Å². The van der Waals surface area contributed by atoms with Gasteiger partial charge in [-0.05, 0) is 49.2 Å². The fraction of sp³-hybridized carbons (Fsp3) is 0.245. The van der Waals surface area contributed by atoms with Crippen molar-refractivity contribution >= 4 is 97.6 Å². The van der Waals surface area contributed by atoms with Crippen LogP contribution < -0.4 is 21.7 Å². The first-order valence-electron chi connectivity index (χ1n) is 24.5. The van der Waals surface area contributed by atoms with Crippen LogP contribution in [0.1, 0.15) is 106 Å². The van der Waals surface area contributed by atoms with E-state index in [0.29, 0.717) is 64.4 Å². The van der Waals surface area contributed by atoms with Gasteiger partial charge in [-0.25, -0.2) is 34.9 Å². The quantitative estimate of drug-likeness (QED) is 0.0808. The van der Waals surface area contributed by atoms with E-state index >= 15 is 4.79 Å². The lowest BCUT2D eigenvalue weighted by atomic mass is 10.00. The van der Waals surface area contributed by atoms with Crippen molar-refractivity contribution in [3.63, 3.8) is 0 Å². The van der Waals surface area contributed by atoms with Crippen LogP contribution in [0.25, 0.3) is 43.4 Å². The maximum atomic E-state index is 15.1. The van der Waals surface area contributed by atoms with Crippen LogP contribution in [0.5, 0.6) is 5.75 Å². The number of aromatic nitrogens is 7. The number of benzene rings is 2. The number of aromatic hydroxyl groups is 1. The molecule has 20 nitrogen and oxygen atoms in total. The lowest BCUT2D eigenvalue weighted by molar-refractivity contribution is -0.134. The minimum Gasteiger partial charge on any atom is -0.508 e. The Morgan fingerprint density at radius 2 is 1.32 bits per heavy atom. The van der Waals surface area contributed by atoms with Crippen LogP contribution in [-0.2, 0) is 16.0 Å².